The Morgan fingerprint density at radius 2 is 1.50 bits per heavy atom. The Bertz CT molecular complexity index is 639. The fraction of sp³-hybridized carbons (Fsp3) is 0.0769. The van der Waals surface area contributed by atoms with Crippen molar-refractivity contribution in [1.82, 2.24) is 0 Å². The number of aromatic hydroxyl groups is 3. The molecule has 2 aromatic carbocycles. The van der Waals surface area contributed by atoms with Gasteiger partial charge >= 0.3 is 0 Å². The van der Waals surface area contributed by atoms with Crippen LogP contribution in [0.15, 0.2) is 24.3 Å². The van der Waals surface area contributed by atoms with Crippen LogP contribution in [-0.4, -0.2) is 15.3 Å². The summed E-state index contributed by atoms with van der Waals surface area (Å²) in [5.74, 6) is -5.15. The first-order chi connectivity index (χ1) is 9.40. The lowest BCUT2D eigenvalue weighted by molar-refractivity contribution is 0.365. The zero-order valence-electron chi connectivity index (χ0n) is 9.99. The van der Waals surface area contributed by atoms with Gasteiger partial charge in [0, 0.05) is 24.2 Å². The number of rotatable bonds is 3. The molecule has 0 aliphatic rings. The smallest absolute Gasteiger partial charge is 0.200 e. The Hall–Kier alpha value is -2.57. The fourth-order valence-corrected chi connectivity index (χ4v) is 1.65. The standard InChI is InChI=1S/C13H10F3NO3/c14-7-3-8(15)11(9(16)4-7)17-5-6-1-2-10(18)13(20)12(6)19/h1-4,17-20H,5H2. The predicted octanol–water partition coefficient (Wildman–Crippen LogP) is 2.83. The maximum Gasteiger partial charge on any atom is 0.200 e. The lowest BCUT2D eigenvalue weighted by atomic mass is 10.1. The molecule has 0 saturated carbocycles. The Labute approximate surface area is 111 Å². The van der Waals surface area contributed by atoms with E-state index >= 15 is 0 Å². The molecule has 4 N–H and O–H groups in total. The third kappa shape index (κ3) is 2.56. The van der Waals surface area contributed by atoms with E-state index in [1.807, 2.05) is 0 Å². The van der Waals surface area contributed by atoms with E-state index < -0.39 is 40.4 Å². The highest BCUT2D eigenvalue weighted by Gasteiger charge is 2.14. The fourth-order valence-electron chi connectivity index (χ4n) is 1.65. The van der Waals surface area contributed by atoms with Crippen molar-refractivity contribution in [2.75, 3.05) is 5.32 Å². The summed E-state index contributed by atoms with van der Waals surface area (Å²) in [7, 11) is 0. The monoisotopic (exact) mass is 285 g/mol. The van der Waals surface area contributed by atoms with Crippen LogP contribution in [0.1, 0.15) is 5.56 Å². The summed E-state index contributed by atoms with van der Waals surface area (Å²) < 4.78 is 39.5. The Morgan fingerprint density at radius 1 is 0.900 bits per heavy atom. The van der Waals surface area contributed by atoms with Crippen LogP contribution in [0.2, 0.25) is 0 Å². The molecule has 0 aliphatic carbocycles. The van der Waals surface area contributed by atoms with Gasteiger partial charge in [-0.3, -0.25) is 0 Å². The molecule has 20 heavy (non-hydrogen) atoms. The molecular formula is C13H10F3NO3. The molecule has 106 valence electrons. The summed E-state index contributed by atoms with van der Waals surface area (Å²) in [4.78, 5) is 0. The highest BCUT2D eigenvalue weighted by atomic mass is 19.1. The molecule has 0 aliphatic heterocycles. The van der Waals surface area contributed by atoms with Crippen LogP contribution in [0.3, 0.4) is 0 Å². The third-order valence-corrected chi connectivity index (χ3v) is 2.68. The van der Waals surface area contributed by atoms with Crippen molar-refractivity contribution in [1.29, 1.82) is 0 Å². The van der Waals surface area contributed by atoms with Crippen molar-refractivity contribution >= 4 is 5.69 Å². The zero-order valence-corrected chi connectivity index (χ0v) is 9.99. The van der Waals surface area contributed by atoms with Gasteiger partial charge in [-0.15, -0.1) is 0 Å². The summed E-state index contributed by atoms with van der Waals surface area (Å²) in [5.41, 5.74) is -0.457. The number of nitrogens with one attached hydrogen (secondary N) is 1. The van der Waals surface area contributed by atoms with Gasteiger partial charge in [0.25, 0.3) is 0 Å². The van der Waals surface area contributed by atoms with Crippen molar-refractivity contribution < 1.29 is 28.5 Å². The van der Waals surface area contributed by atoms with Crippen molar-refractivity contribution in [2.24, 2.45) is 0 Å². The first kappa shape index (κ1) is 13.9. The first-order valence-electron chi connectivity index (χ1n) is 5.51. The van der Waals surface area contributed by atoms with Gasteiger partial charge in [0.05, 0.1) is 0 Å². The molecule has 0 radical (unpaired) electrons. The number of phenolic OH excluding ortho intramolecular Hbond substituents is 3. The van der Waals surface area contributed by atoms with Crippen molar-refractivity contribution in [3.8, 4) is 17.2 Å². The van der Waals surface area contributed by atoms with Gasteiger partial charge in [-0.25, -0.2) is 13.2 Å². The predicted molar refractivity (Wildman–Crippen MR) is 65.1 cm³/mol. The normalized spacial score (nSPS) is 10.6. The van der Waals surface area contributed by atoms with E-state index in [9.17, 15) is 23.4 Å². The van der Waals surface area contributed by atoms with Crippen LogP contribution < -0.4 is 5.32 Å². The van der Waals surface area contributed by atoms with Crippen LogP contribution in [0.4, 0.5) is 18.9 Å². The largest absolute Gasteiger partial charge is 0.504 e. The summed E-state index contributed by atoms with van der Waals surface area (Å²) in [6.45, 7) is -0.237. The Kier molecular flexibility index (Phi) is 3.60. The summed E-state index contributed by atoms with van der Waals surface area (Å²) in [5, 5.41) is 30.3. The molecule has 0 saturated heterocycles. The number of hydrogen-bond acceptors (Lipinski definition) is 4. The summed E-state index contributed by atoms with van der Waals surface area (Å²) in [6.07, 6.45) is 0. The second-order valence-electron chi connectivity index (χ2n) is 4.04. The lowest BCUT2D eigenvalue weighted by Crippen LogP contribution is -2.04. The van der Waals surface area contributed by atoms with Crippen LogP contribution in [-0.2, 0) is 6.54 Å². The first-order valence-corrected chi connectivity index (χ1v) is 5.51. The molecule has 7 heteroatoms. The maximum absolute atomic E-state index is 13.4. The van der Waals surface area contributed by atoms with Gasteiger partial charge in [-0.1, -0.05) is 0 Å². The van der Waals surface area contributed by atoms with Crippen molar-refractivity contribution in [2.45, 2.75) is 6.54 Å². The van der Waals surface area contributed by atoms with Crippen molar-refractivity contribution in [3.63, 3.8) is 0 Å². The Balaban J connectivity index is 2.24. The van der Waals surface area contributed by atoms with Crippen LogP contribution >= 0.6 is 0 Å². The van der Waals surface area contributed by atoms with Gasteiger partial charge in [0.15, 0.2) is 23.1 Å². The molecule has 0 atom stereocenters. The molecule has 0 amide bonds. The van der Waals surface area contributed by atoms with E-state index in [1.165, 1.54) is 6.07 Å². The number of benzene rings is 2. The van der Waals surface area contributed by atoms with E-state index in [1.54, 1.807) is 0 Å². The molecule has 0 bridgehead atoms. The number of halogens is 3. The maximum atomic E-state index is 13.4. The number of phenols is 3. The minimum absolute atomic E-state index is 0.100. The lowest BCUT2D eigenvalue weighted by Gasteiger charge is -2.11. The van der Waals surface area contributed by atoms with Gasteiger partial charge in [0.2, 0.25) is 5.75 Å². The highest BCUT2D eigenvalue weighted by molar-refractivity contribution is 5.55. The van der Waals surface area contributed by atoms with Crippen LogP contribution in [0, 0.1) is 17.5 Å². The summed E-state index contributed by atoms with van der Waals surface area (Å²) >= 11 is 0. The van der Waals surface area contributed by atoms with Crippen molar-refractivity contribution in [3.05, 3.63) is 47.3 Å². The average molecular weight is 285 g/mol. The second kappa shape index (κ2) is 5.20. The third-order valence-electron chi connectivity index (χ3n) is 2.68. The second-order valence-corrected chi connectivity index (χ2v) is 4.04. The van der Waals surface area contributed by atoms with E-state index in [-0.39, 0.29) is 12.1 Å². The van der Waals surface area contributed by atoms with Gasteiger partial charge < -0.3 is 20.6 Å². The highest BCUT2D eigenvalue weighted by Crippen LogP contribution is 2.37. The van der Waals surface area contributed by atoms with Gasteiger partial charge in [0.1, 0.15) is 11.5 Å². The zero-order chi connectivity index (χ0) is 14.9. The summed E-state index contributed by atoms with van der Waals surface area (Å²) in [6, 6.07) is 3.40. The molecule has 0 fully saturated rings. The quantitative estimate of drug-likeness (QED) is 0.654. The number of anilines is 1. The molecule has 2 rings (SSSR count). The molecule has 0 heterocycles. The molecule has 4 nitrogen and oxygen atoms in total. The van der Waals surface area contributed by atoms with Crippen LogP contribution in [0.5, 0.6) is 17.2 Å². The molecule has 2 aromatic rings. The van der Waals surface area contributed by atoms with E-state index in [4.69, 9.17) is 5.11 Å². The van der Waals surface area contributed by atoms with Crippen LogP contribution in [0.25, 0.3) is 0 Å². The minimum Gasteiger partial charge on any atom is -0.504 e. The van der Waals surface area contributed by atoms with Gasteiger partial charge in [-0.2, -0.15) is 0 Å². The van der Waals surface area contributed by atoms with E-state index in [2.05, 4.69) is 5.32 Å². The van der Waals surface area contributed by atoms with E-state index in [0.29, 0.717) is 12.1 Å². The van der Waals surface area contributed by atoms with E-state index in [0.717, 1.165) is 6.07 Å². The number of hydrogen-bond donors (Lipinski definition) is 4. The molecule has 0 aromatic heterocycles. The van der Waals surface area contributed by atoms with Gasteiger partial charge in [-0.05, 0) is 12.1 Å². The SMILES string of the molecule is Oc1ccc(CNc2c(F)cc(F)cc2F)c(O)c1O. The average Bonchev–Trinajstić information content (AvgIpc) is 2.37. The molecule has 0 unspecified atom stereocenters. The Morgan fingerprint density at radius 3 is 2.10 bits per heavy atom. The minimum atomic E-state index is -1.12. The topological polar surface area (TPSA) is 72.7 Å². The molecular weight excluding hydrogens is 275 g/mol. The molecule has 0 spiro atoms.